The van der Waals surface area contributed by atoms with Crippen molar-refractivity contribution in [2.75, 3.05) is 13.1 Å². The molecule has 1 aliphatic heterocycles. The SMILES string of the molecule is CC(C)(CN)CCCCN1C(=O)CCCCC1=O. The Morgan fingerprint density at radius 2 is 1.67 bits per heavy atom. The monoisotopic (exact) mass is 254 g/mol. The number of unbranched alkanes of at least 4 members (excludes halogenated alkanes) is 1. The Balaban J connectivity index is 2.33. The van der Waals surface area contributed by atoms with Gasteiger partial charge in [-0.3, -0.25) is 14.5 Å². The van der Waals surface area contributed by atoms with Crippen LogP contribution in [0.25, 0.3) is 0 Å². The lowest BCUT2D eigenvalue weighted by atomic mass is 9.87. The van der Waals surface area contributed by atoms with Crippen molar-refractivity contribution in [2.24, 2.45) is 11.1 Å². The number of carbonyl (C=O) groups excluding carboxylic acids is 2. The molecule has 1 rings (SSSR count). The van der Waals surface area contributed by atoms with Gasteiger partial charge in [-0.15, -0.1) is 0 Å². The van der Waals surface area contributed by atoms with E-state index in [4.69, 9.17) is 5.73 Å². The van der Waals surface area contributed by atoms with Crippen molar-refractivity contribution in [3.05, 3.63) is 0 Å². The summed E-state index contributed by atoms with van der Waals surface area (Å²) in [5.74, 6) is 0.0196. The van der Waals surface area contributed by atoms with Crippen LogP contribution in [0.4, 0.5) is 0 Å². The second kappa shape index (κ2) is 6.88. The highest BCUT2D eigenvalue weighted by Gasteiger charge is 2.23. The molecule has 0 bridgehead atoms. The van der Waals surface area contributed by atoms with E-state index >= 15 is 0 Å². The molecule has 1 saturated heterocycles. The van der Waals surface area contributed by atoms with E-state index in [9.17, 15) is 9.59 Å². The number of nitrogens with zero attached hydrogens (tertiary/aromatic N) is 1. The van der Waals surface area contributed by atoms with E-state index in [0.29, 0.717) is 25.9 Å². The Kier molecular flexibility index (Phi) is 5.79. The smallest absolute Gasteiger partial charge is 0.229 e. The van der Waals surface area contributed by atoms with E-state index in [1.165, 1.54) is 4.90 Å². The Labute approximate surface area is 110 Å². The quantitative estimate of drug-likeness (QED) is 0.583. The molecule has 4 nitrogen and oxygen atoms in total. The normalized spacial score (nSPS) is 18.1. The standard InChI is InChI=1S/C14H26N2O2/c1-14(2,11-15)9-5-6-10-16-12(17)7-3-4-8-13(16)18/h3-11,15H2,1-2H3. The molecule has 0 aliphatic carbocycles. The van der Waals surface area contributed by atoms with E-state index in [1.807, 2.05) is 0 Å². The summed E-state index contributed by atoms with van der Waals surface area (Å²) in [7, 11) is 0. The fourth-order valence-corrected chi connectivity index (χ4v) is 2.19. The number of amides is 2. The molecule has 1 heterocycles. The summed E-state index contributed by atoms with van der Waals surface area (Å²) in [4.78, 5) is 25.0. The van der Waals surface area contributed by atoms with Gasteiger partial charge in [-0.1, -0.05) is 20.3 Å². The van der Waals surface area contributed by atoms with Gasteiger partial charge in [-0.25, -0.2) is 0 Å². The maximum absolute atomic E-state index is 11.8. The molecule has 1 fully saturated rings. The lowest BCUT2D eigenvalue weighted by molar-refractivity contribution is -0.143. The molecule has 0 aromatic rings. The van der Waals surface area contributed by atoms with E-state index in [2.05, 4.69) is 13.8 Å². The molecule has 2 amide bonds. The highest BCUT2D eigenvalue weighted by atomic mass is 16.2. The molecular formula is C14H26N2O2. The van der Waals surface area contributed by atoms with E-state index in [1.54, 1.807) is 0 Å². The zero-order valence-electron chi connectivity index (χ0n) is 11.7. The predicted molar refractivity (Wildman–Crippen MR) is 71.9 cm³/mol. The van der Waals surface area contributed by atoms with Gasteiger partial charge in [0.1, 0.15) is 0 Å². The van der Waals surface area contributed by atoms with E-state index in [0.717, 1.165) is 32.1 Å². The van der Waals surface area contributed by atoms with Crippen LogP contribution in [0.3, 0.4) is 0 Å². The third kappa shape index (κ3) is 4.77. The molecule has 4 heteroatoms. The summed E-state index contributed by atoms with van der Waals surface area (Å²) in [6.45, 7) is 5.55. The Bertz CT molecular complexity index is 282. The van der Waals surface area contributed by atoms with Crippen molar-refractivity contribution in [3.8, 4) is 0 Å². The summed E-state index contributed by atoms with van der Waals surface area (Å²) < 4.78 is 0. The number of rotatable bonds is 6. The third-order valence-electron chi connectivity index (χ3n) is 3.67. The summed E-state index contributed by atoms with van der Waals surface area (Å²) in [5.41, 5.74) is 5.84. The molecular weight excluding hydrogens is 228 g/mol. The van der Waals surface area contributed by atoms with E-state index < -0.39 is 0 Å². The van der Waals surface area contributed by atoms with Gasteiger partial charge in [0.15, 0.2) is 0 Å². The summed E-state index contributed by atoms with van der Waals surface area (Å²) in [6.07, 6.45) is 5.70. The average Bonchev–Trinajstić information content (AvgIpc) is 2.48. The van der Waals surface area contributed by atoms with Crippen LogP contribution in [-0.2, 0) is 9.59 Å². The molecule has 0 aromatic heterocycles. The largest absolute Gasteiger partial charge is 0.330 e. The Morgan fingerprint density at radius 1 is 1.11 bits per heavy atom. The first kappa shape index (κ1) is 15.2. The van der Waals surface area contributed by atoms with Crippen LogP contribution in [0.5, 0.6) is 0 Å². The molecule has 0 radical (unpaired) electrons. The minimum atomic E-state index is 0.00980. The van der Waals surface area contributed by atoms with Crippen LogP contribution in [0.1, 0.15) is 58.8 Å². The van der Waals surface area contributed by atoms with Gasteiger partial charge in [0.05, 0.1) is 0 Å². The zero-order valence-corrected chi connectivity index (χ0v) is 11.7. The second-order valence-electron chi connectivity index (χ2n) is 5.97. The molecule has 104 valence electrons. The first-order valence-electron chi connectivity index (χ1n) is 6.99. The second-order valence-corrected chi connectivity index (χ2v) is 5.97. The highest BCUT2D eigenvalue weighted by molar-refractivity contribution is 5.95. The van der Waals surface area contributed by atoms with Gasteiger partial charge in [-0.2, -0.15) is 0 Å². The molecule has 18 heavy (non-hydrogen) atoms. The van der Waals surface area contributed by atoms with Gasteiger partial charge in [0.25, 0.3) is 0 Å². The fraction of sp³-hybridized carbons (Fsp3) is 0.857. The molecule has 2 N–H and O–H groups in total. The van der Waals surface area contributed by atoms with Crippen molar-refractivity contribution < 1.29 is 9.59 Å². The lowest BCUT2D eigenvalue weighted by Crippen LogP contribution is -2.36. The molecule has 0 unspecified atom stereocenters. The minimum absolute atomic E-state index is 0.00980. The van der Waals surface area contributed by atoms with Gasteiger partial charge in [0.2, 0.25) is 11.8 Å². The van der Waals surface area contributed by atoms with Crippen molar-refractivity contribution in [2.45, 2.75) is 58.8 Å². The zero-order chi connectivity index (χ0) is 13.6. The van der Waals surface area contributed by atoms with Crippen LogP contribution in [-0.4, -0.2) is 29.8 Å². The number of nitrogens with two attached hydrogens (primary N) is 1. The van der Waals surface area contributed by atoms with Crippen LogP contribution in [0.2, 0.25) is 0 Å². The van der Waals surface area contributed by atoms with Crippen LogP contribution in [0, 0.1) is 5.41 Å². The van der Waals surface area contributed by atoms with Crippen molar-refractivity contribution >= 4 is 11.8 Å². The molecule has 0 aromatic carbocycles. The number of likely N-dealkylation sites (tertiary alicyclic amines) is 1. The molecule has 0 atom stereocenters. The number of hydrogen-bond acceptors (Lipinski definition) is 3. The first-order valence-corrected chi connectivity index (χ1v) is 6.99. The maximum Gasteiger partial charge on any atom is 0.229 e. The molecule has 0 saturated carbocycles. The number of imide groups is 1. The topological polar surface area (TPSA) is 63.4 Å². The number of hydrogen-bond donors (Lipinski definition) is 1. The van der Waals surface area contributed by atoms with Gasteiger partial charge >= 0.3 is 0 Å². The Hall–Kier alpha value is -0.900. The highest BCUT2D eigenvalue weighted by Crippen LogP contribution is 2.21. The summed E-state index contributed by atoms with van der Waals surface area (Å²) in [5, 5.41) is 0. The van der Waals surface area contributed by atoms with Gasteiger partial charge in [0, 0.05) is 19.4 Å². The maximum atomic E-state index is 11.8. The predicted octanol–water partition coefficient (Wildman–Crippen LogP) is 2.07. The Morgan fingerprint density at radius 3 is 2.17 bits per heavy atom. The summed E-state index contributed by atoms with van der Waals surface area (Å²) >= 11 is 0. The summed E-state index contributed by atoms with van der Waals surface area (Å²) in [6, 6.07) is 0. The lowest BCUT2D eigenvalue weighted by Gasteiger charge is -2.23. The third-order valence-corrected chi connectivity index (χ3v) is 3.67. The van der Waals surface area contributed by atoms with Crippen molar-refractivity contribution in [3.63, 3.8) is 0 Å². The van der Waals surface area contributed by atoms with Gasteiger partial charge in [-0.05, 0) is 37.6 Å². The van der Waals surface area contributed by atoms with Crippen LogP contribution >= 0.6 is 0 Å². The van der Waals surface area contributed by atoms with Crippen LogP contribution in [0.15, 0.2) is 0 Å². The molecule has 0 spiro atoms. The average molecular weight is 254 g/mol. The molecule has 1 aliphatic rings. The van der Waals surface area contributed by atoms with E-state index in [-0.39, 0.29) is 17.2 Å². The van der Waals surface area contributed by atoms with Crippen molar-refractivity contribution in [1.29, 1.82) is 0 Å². The number of carbonyl (C=O) groups is 2. The van der Waals surface area contributed by atoms with Crippen LogP contribution < -0.4 is 5.73 Å². The van der Waals surface area contributed by atoms with Gasteiger partial charge < -0.3 is 5.73 Å². The first-order chi connectivity index (χ1) is 8.46. The van der Waals surface area contributed by atoms with Crippen molar-refractivity contribution in [1.82, 2.24) is 4.90 Å². The minimum Gasteiger partial charge on any atom is -0.330 e. The fourth-order valence-electron chi connectivity index (χ4n) is 2.19.